The third-order valence-corrected chi connectivity index (χ3v) is 6.64. The van der Waals surface area contributed by atoms with Gasteiger partial charge in [-0.25, -0.2) is 4.98 Å². The number of rotatable bonds is 10. The molecule has 4 aromatic rings. The van der Waals surface area contributed by atoms with Gasteiger partial charge in [0, 0.05) is 25.1 Å². The number of aryl methyl sites for hydroxylation is 2. The normalized spacial score (nSPS) is 12.0. The molecule has 0 bridgehead atoms. The fourth-order valence-corrected chi connectivity index (χ4v) is 4.43. The second kappa shape index (κ2) is 11.8. The van der Waals surface area contributed by atoms with Crippen molar-refractivity contribution in [3.63, 3.8) is 0 Å². The molecule has 0 aliphatic carbocycles. The van der Waals surface area contributed by atoms with Crippen molar-refractivity contribution >= 4 is 16.9 Å². The van der Waals surface area contributed by atoms with Crippen LogP contribution in [0.25, 0.3) is 16.7 Å². The molecule has 0 aliphatic heterocycles. The van der Waals surface area contributed by atoms with Crippen LogP contribution in [0.2, 0.25) is 0 Å². The Morgan fingerprint density at radius 1 is 1.03 bits per heavy atom. The number of amides is 1. The largest absolute Gasteiger partial charge is 0.497 e. The molecule has 1 aromatic heterocycles. The Morgan fingerprint density at radius 2 is 1.73 bits per heavy atom. The van der Waals surface area contributed by atoms with Crippen molar-refractivity contribution in [3.05, 3.63) is 100.0 Å². The highest BCUT2D eigenvalue weighted by atomic mass is 16.5. The number of methoxy groups -OCH3 is 1. The number of ether oxygens (including phenoxy) is 1. The summed E-state index contributed by atoms with van der Waals surface area (Å²) in [7, 11) is 5.62. The second-order valence-electron chi connectivity index (χ2n) is 9.26. The van der Waals surface area contributed by atoms with E-state index in [0.29, 0.717) is 29.0 Å². The number of hydrogen-bond donors (Lipinski definition) is 1. The van der Waals surface area contributed by atoms with E-state index in [9.17, 15) is 9.59 Å². The number of carbonyl (C=O) groups excluding carboxylic acids is 1. The SMILES string of the molecule is CCc1ccc([C@@H](CNC(=O)CCc2nc3ccccc3n(-c3ccc(OC)cc3)c2=O)N(C)C)cc1. The predicted octanol–water partition coefficient (Wildman–Crippen LogP) is 4.31. The van der Waals surface area contributed by atoms with Gasteiger partial charge in [-0.1, -0.05) is 43.3 Å². The minimum absolute atomic E-state index is 0.0564. The van der Waals surface area contributed by atoms with Crippen LogP contribution in [0.5, 0.6) is 5.75 Å². The van der Waals surface area contributed by atoms with Gasteiger partial charge in [-0.3, -0.25) is 14.2 Å². The average Bonchev–Trinajstić information content (AvgIpc) is 2.92. The molecule has 3 aromatic carbocycles. The number of para-hydroxylation sites is 2. The van der Waals surface area contributed by atoms with Gasteiger partial charge >= 0.3 is 0 Å². The molecular weight excluding hydrogens is 464 g/mol. The number of benzene rings is 3. The Labute approximate surface area is 217 Å². The van der Waals surface area contributed by atoms with Gasteiger partial charge in [-0.2, -0.15) is 0 Å². The maximum atomic E-state index is 13.5. The highest BCUT2D eigenvalue weighted by Gasteiger charge is 2.17. The molecule has 4 rings (SSSR count). The van der Waals surface area contributed by atoms with Crippen LogP contribution in [0.1, 0.15) is 36.2 Å². The van der Waals surface area contributed by atoms with Gasteiger partial charge in [0.05, 0.1) is 24.2 Å². The number of hydrogen-bond acceptors (Lipinski definition) is 5. The minimum atomic E-state index is -0.223. The van der Waals surface area contributed by atoms with E-state index in [4.69, 9.17) is 4.74 Å². The van der Waals surface area contributed by atoms with Crippen LogP contribution in [-0.2, 0) is 17.6 Å². The number of aromatic nitrogens is 2. The van der Waals surface area contributed by atoms with Gasteiger partial charge < -0.3 is 15.0 Å². The lowest BCUT2D eigenvalue weighted by Crippen LogP contribution is -2.35. The summed E-state index contributed by atoms with van der Waals surface area (Å²) < 4.78 is 6.91. The van der Waals surface area contributed by atoms with Crippen LogP contribution in [0.4, 0.5) is 0 Å². The highest BCUT2D eigenvalue weighted by molar-refractivity contribution is 5.78. The Bertz CT molecular complexity index is 1410. The van der Waals surface area contributed by atoms with Gasteiger partial charge in [-0.05, 0) is 68.0 Å². The molecule has 0 aliphatic rings. The van der Waals surface area contributed by atoms with Gasteiger partial charge in [0.25, 0.3) is 5.56 Å². The van der Waals surface area contributed by atoms with Crippen molar-refractivity contribution in [2.75, 3.05) is 27.7 Å². The Morgan fingerprint density at radius 3 is 2.38 bits per heavy atom. The lowest BCUT2D eigenvalue weighted by molar-refractivity contribution is -0.121. The quantitative estimate of drug-likeness (QED) is 0.353. The molecule has 7 nitrogen and oxygen atoms in total. The number of nitrogens with zero attached hydrogens (tertiary/aromatic N) is 3. The van der Waals surface area contributed by atoms with E-state index in [1.807, 2.05) is 62.6 Å². The zero-order valence-electron chi connectivity index (χ0n) is 21.9. The third-order valence-electron chi connectivity index (χ3n) is 6.64. The van der Waals surface area contributed by atoms with E-state index >= 15 is 0 Å². The molecule has 1 heterocycles. The first-order valence-corrected chi connectivity index (χ1v) is 12.6. The fraction of sp³-hybridized carbons (Fsp3) is 0.300. The smallest absolute Gasteiger partial charge is 0.277 e. The van der Waals surface area contributed by atoms with Gasteiger partial charge in [0.15, 0.2) is 0 Å². The second-order valence-corrected chi connectivity index (χ2v) is 9.26. The molecular formula is C30H34N4O3. The van der Waals surface area contributed by atoms with Crippen molar-refractivity contribution in [2.24, 2.45) is 0 Å². The number of likely N-dealkylation sites (N-methyl/N-ethyl adjacent to an activating group) is 1. The highest BCUT2D eigenvalue weighted by Crippen LogP contribution is 2.20. The molecule has 0 radical (unpaired) electrons. The van der Waals surface area contributed by atoms with Crippen LogP contribution in [0.15, 0.2) is 77.6 Å². The fourth-order valence-electron chi connectivity index (χ4n) is 4.43. The third kappa shape index (κ3) is 6.06. The summed E-state index contributed by atoms with van der Waals surface area (Å²) in [6, 6.07) is 23.4. The first kappa shape index (κ1) is 26.1. The number of carbonyl (C=O) groups is 1. The Balaban J connectivity index is 1.50. The first-order chi connectivity index (χ1) is 17.9. The van der Waals surface area contributed by atoms with Gasteiger partial charge in [-0.15, -0.1) is 0 Å². The molecule has 1 N–H and O–H groups in total. The van der Waals surface area contributed by atoms with E-state index in [0.717, 1.165) is 17.7 Å². The topological polar surface area (TPSA) is 76.5 Å². The van der Waals surface area contributed by atoms with Crippen molar-refractivity contribution < 1.29 is 9.53 Å². The maximum absolute atomic E-state index is 13.5. The lowest BCUT2D eigenvalue weighted by Gasteiger charge is -2.25. The standard InChI is InChI=1S/C30H34N4O3/c1-5-21-10-12-22(13-11-21)28(33(2)3)20-31-29(35)19-18-26-30(36)34(23-14-16-24(37-4)17-15-23)27-9-7-6-8-25(27)32-26/h6-17,28H,5,18-20H2,1-4H3,(H,31,35)/t28-/m1/s1. The molecule has 0 spiro atoms. The van der Waals surface area contributed by atoms with E-state index in [-0.39, 0.29) is 30.3 Å². The minimum Gasteiger partial charge on any atom is -0.497 e. The molecule has 192 valence electrons. The van der Waals surface area contributed by atoms with Crippen LogP contribution in [0, 0.1) is 0 Å². The summed E-state index contributed by atoms with van der Waals surface area (Å²) in [5.74, 6) is 0.603. The molecule has 1 atom stereocenters. The summed E-state index contributed by atoms with van der Waals surface area (Å²) >= 11 is 0. The summed E-state index contributed by atoms with van der Waals surface area (Å²) in [4.78, 5) is 33.0. The van der Waals surface area contributed by atoms with Crippen LogP contribution in [0.3, 0.4) is 0 Å². The summed E-state index contributed by atoms with van der Waals surface area (Å²) in [5, 5.41) is 3.05. The first-order valence-electron chi connectivity index (χ1n) is 12.6. The Kier molecular flexibility index (Phi) is 8.36. The summed E-state index contributed by atoms with van der Waals surface area (Å²) in [6.45, 7) is 2.62. The van der Waals surface area contributed by atoms with Gasteiger partial charge in [0.2, 0.25) is 5.91 Å². The van der Waals surface area contributed by atoms with Crippen molar-refractivity contribution in [3.8, 4) is 11.4 Å². The lowest BCUT2D eigenvalue weighted by atomic mass is 10.0. The Hall–Kier alpha value is -3.97. The van der Waals surface area contributed by atoms with E-state index in [2.05, 4.69) is 46.4 Å². The summed E-state index contributed by atoms with van der Waals surface area (Å²) in [5.41, 5.74) is 4.72. The van der Waals surface area contributed by atoms with Crippen LogP contribution in [-0.4, -0.2) is 48.1 Å². The van der Waals surface area contributed by atoms with E-state index in [1.54, 1.807) is 11.7 Å². The molecule has 0 unspecified atom stereocenters. The monoisotopic (exact) mass is 498 g/mol. The van der Waals surface area contributed by atoms with E-state index < -0.39 is 0 Å². The maximum Gasteiger partial charge on any atom is 0.277 e. The van der Waals surface area contributed by atoms with E-state index in [1.165, 1.54) is 5.56 Å². The zero-order valence-corrected chi connectivity index (χ0v) is 21.9. The molecule has 37 heavy (non-hydrogen) atoms. The summed E-state index contributed by atoms with van der Waals surface area (Å²) in [6.07, 6.45) is 1.42. The molecule has 1 amide bonds. The van der Waals surface area contributed by atoms with Crippen molar-refractivity contribution in [2.45, 2.75) is 32.2 Å². The predicted molar refractivity (Wildman–Crippen MR) is 147 cm³/mol. The van der Waals surface area contributed by atoms with Crippen molar-refractivity contribution in [1.82, 2.24) is 19.8 Å². The van der Waals surface area contributed by atoms with Crippen LogP contribution < -0.4 is 15.6 Å². The average molecular weight is 499 g/mol. The van der Waals surface area contributed by atoms with Gasteiger partial charge in [0.1, 0.15) is 11.4 Å². The van der Waals surface area contributed by atoms with Crippen LogP contribution >= 0.6 is 0 Å². The molecule has 7 heteroatoms. The van der Waals surface area contributed by atoms with Crippen molar-refractivity contribution in [1.29, 1.82) is 0 Å². The zero-order chi connectivity index (χ0) is 26.4. The number of fused-ring (bicyclic) bond motifs is 1. The molecule has 0 fully saturated rings. The number of nitrogens with one attached hydrogen (secondary N) is 1. The molecule has 0 saturated carbocycles. The molecule has 0 saturated heterocycles.